The number of rotatable bonds is 6. The molecule has 1 aliphatic rings. The van der Waals surface area contributed by atoms with Crippen molar-refractivity contribution in [3.05, 3.63) is 30.1 Å². The highest BCUT2D eigenvalue weighted by molar-refractivity contribution is 9.18. The SMILES string of the molecule is CNS(C)(=O)(O)c1ccc(N2CCCC2C)c(Nc2ncnc(N)c2C(=[NH2+])Br)c1. The number of nitrogens with one attached hydrogen (secondary N) is 2. The Hall–Kier alpha value is -2.08. The van der Waals surface area contributed by atoms with Crippen molar-refractivity contribution in [2.75, 3.05) is 35.8 Å². The first-order valence-electron chi connectivity index (χ1n) is 9.17. The average Bonchev–Trinajstić information content (AvgIpc) is 3.07. The van der Waals surface area contributed by atoms with Gasteiger partial charge in [0.15, 0.2) is 5.82 Å². The van der Waals surface area contributed by atoms with E-state index in [1.807, 2.05) is 6.07 Å². The molecule has 0 saturated carbocycles. The number of nitrogen functional groups attached to an aromatic ring is 1. The summed E-state index contributed by atoms with van der Waals surface area (Å²) >= 11 is 3.25. The normalized spacial score (nSPS) is 18.3. The molecule has 1 fully saturated rings. The molecule has 0 spiro atoms. The summed E-state index contributed by atoms with van der Waals surface area (Å²) in [5.41, 5.74) is 7.95. The molecule has 2 heterocycles. The van der Waals surface area contributed by atoms with Gasteiger partial charge in [-0.15, -0.1) is 9.53 Å². The zero-order valence-corrected chi connectivity index (χ0v) is 19.0. The van der Waals surface area contributed by atoms with Crippen LogP contribution in [0.1, 0.15) is 25.3 Å². The van der Waals surface area contributed by atoms with Crippen molar-refractivity contribution in [3.63, 3.8) is 0 Å². The summed E-state index contributed by atoms with van der Waals surface area (Å²) in [6.45, 7) is 3.06. The van der Waals surface area contributed by atoms with Gasteiger partial charge in [-0.1, -0.05) is 0 Å². The third-order valence-electron chi connectivity index (χ3n) is 5.23. The first-order chi connectivity index (χ1) is 13.5. The van der Waals surface area contributed by atoms with Crippen molar-refractivity contribution in [2.45, 2.75) is 30.7 Å². The number of nitrogens with zero attached hydrogens (tertiary/aromatic N) is 3. The molecule has 2 aromatic rings. The standard InChI is InChI=1S/C18H26BrN7O2S/c1-11-5-4-8-26(11)14-7-6-12(29(3,27,28)22-2)9-13(14)25-18-15(16(19)20)17(21)23-10-24-18/h6-7,9-11,20H,4-5,8H2,1-3H3,(H2,22,27,28)(H3,21,23,24,25)/p+1. The Bertz CT molecular complexity index is 1020. The van der Waals surface area contributed by atoms with Crippen LogP contribution in [-0.2, 0) is 9.53 Å². The van der Waals surface area contributed by atoms with Crippen molar-refractivity contribution >= 4 is 53.1 Å². The predicted molar refractivity (Wildman–Crippen MR) is 121 cm³/mol. The zero-order valence-electron chi connectivity index (χ0n) is 16.6. The van der Waals surface area contributed by atoms with Crippen molar-refractivity contribution in [3.8, 4) is 0 Å². The molecule has 0 radical (unpaired) electrons. The van der Waals surface area contributed by atoms with Crippen LogP contribution in [-0.4, -0.2) is 49.2 Å². The summed E-state index contributed by atoms with van der Waals surface area (Å²) in [5.74, 6) is 0.623. The molecular weight excluding hydrogens is 458 g/mol. The van der Waals surface area contributed by atoms with Crippen LogP contribution in [0.5, 0.6) is 0 Å². The third-order valence-corrected chi connectivity index (χ3v) is 7.96. The van der Waals surface area contributed by atoms with E-state index in [4.69, 9.17) is 11.1 Å². The molecular formula is C18H27BrN7O2S+. The number of benzene rings is 1. The molecule has 1 saturated heterocycles. The lowest BCUT2D eigenvalue weighted by atomic mass is 10.2. The van der Waals surface area contributed by atoms with Gasteiger partial charge in [0, 0.05) is 41.8 Å². The maximum atomic E-state index is 13.0. The number of aromatic nitrogens is 2. The summed E-state index contributed by atoms with van der Waals surface area (Å²) in [7, 11) is -2.73. The monoisotopic (exact) mass is 484 g/mol. The predicted octanol–water partition coefficient (Wildman–Crippen LogP) is 1.11. The van der Waals surface area contributed by atoms with E-state index in [-0.39, 0.29) is 10.7 Å². The van der Waals surface area contributed by atoms with Gasteiger partial charge in [-0.25, -0.2) is 20.1 Å². The minimum absolute atomic E-state index is 0.221. The molecule has 1 unspecified atom stereocenters. The Morgan fingerprint density at radius 3 is 2.76 bits per heavy atom. The van der Waals surface area contributed by atoms with Crippen molar-refractivity contribution in [1.82, 2.24) is 14.7 Å². The second-order valence-electron chi connectivity index (χ2n) is 7.31. The minimum atomic E-state index is -4.19. The molecule has 0 bridgehead atoms. The Morgan fingerprint density at radius 1 is 1.45 bits per heavy atom. The first kappa shape index (κ1) is 21.6. The van der Waals surface area contributed by atoms with Crippen LogP contribution in [0.3, 0.4) is 0 Å². The molecule has 158 valence electrons. The van der Waals surface area contributed by atoms with Gasteiger partial charge in [-0.2, -0.15) is 4.21 Å². The maximum Gasteiger partial charge on any atom is 0.254 e. The molecule has 11 heteroatoms. The summed E-state index contributed by atoms with van der Waals surface area (Å²) in [5, 5.41) is 9.17. The first-order valence-corrected chi connectivity index (χ1v) is 12.3. The smallest absolute Gasteiger partial charge is 0.254 e. The van der Waals surface area contributed by atoms with Crippen LogP contribution in [0, 0.1) is 0 Å². The third kappa shape index (κ3) is 4.27. The van der Waals surface area contributed by atoms with Gasteiger partial charge in [-0.3, -0.25) is 4.55 Å². The fraction of sp³-hybridized carbons (Fsp3) is 0.389. The molecule has 1 atom stereocenters. The van der Waals surface area contributed by atoms with E-state index < -0.39 is 9.53 Å². The molecule has 0 amide bonds. The Kier molecular flexibility index (Phi) is 5.69. The topological polar surface area (TPSA) is 142 Å². The Morgan fingerprint density at radius 2 is 2.17 bits per heavy atom. The summed E-state index contributed by atoms with van der Waals surface area (Å²) < 4.78 is 26.5. The fourth-order valence-electron chi connectivity index (χ4n) is 3.43. The average molecular weight is 485 g/mol. The van der Waals surface area contributed by atoms with Crippen LogP contribution in [0.25, 0.3) is 0 Å². The summed E-state index contributed by atoms with van der Waals surface area (Å²) in [6, 6.07) is 5.55. The van der Waals surface area contributed by atoms with Gasteiger partial charge in [0.2, 0.25) is 0 Å². The van der Waals surface area contributed by atoms with E-state index in [1.165, 1.54) is 19.6 Å². The highest BCUT2D eigenvalue weighted by Crippen LogP contribution is 2.38. The highest BCUT2D eigenvalue weighted by Gasteiger charge is 2.28. The van der Waals surface area contributed by atoms with Gasteiger partial charge >= 0.3 is 0 Å². The van der Waals surface area contributed by atoms with Gasteiger partial charge < -0.3 is 16.0 Å². The highest BCUT2D eigenvalue weighted by atomic mass is 79.9. The lowest BCUT2D eigenvalue weighted by Gasteiger charge is -2.39. The second-order valence-corrected chi connectivity index (χ2v) is 11.6. The number of hydrogen-bond acceptors (Lipinski definition) is 6. The summed E-state index contributed by atoms with van der Waals surface area (Å²) in [6.07, 6.45) is 4.79. The molecule has 1 aliphatic heterocycles. The number of hydrogen-bond donors (Lipinski definition) is 5. The van der Waals surface area contributed by atoms with Crippen LogP contribution < -0.4 is 26.1 Å². The molecule has 9 nitrogen and oxygen atoms in total. The molecule has 0 aliphatic carbocycles. The second kappa shape index (κ2) is 7.63. The lowest BCUT2D eigenvalue weighted by molar-refractivity contribution is -0.106. The van der Waals surface area contributed by atoms with E-state index >= 15 is 0 Å². The lowest BCUT2D eigenvalue weighted by Crippen LogP contribution is -2.43. The largest absolute Gasteiger partial charge is 0.383 e. The maximum absolute atomic E-state index is 13.0. The van der Waals surface area contributed by atoms with Gasteiger partial charge in [-0.05, 0) is 38.0 Å². The van der Waals surface area contributed by atoms with Crippen molar-refractivity contribution in [1.29, 1.82) is 0 Å². The van der Waals surface area contributed by atoms with E-state index in [9.17, 15) is 8.76 Å². The van der Waals surface area contributed by atoms with Crippen LogP contribution in [0.2, 0.25) is 0 Å². The van der Waals surface area contributed by atoms with Gasteiger partial charge in [0.25, 0.3) is 4.62 Å². The van der Waals surface area contributed by atoms with Crippen LogP contribution in [0.15, 0.2) is 29.4 Å². The Balaban J connectivity index is 2.16. The zero-order chi connectivity index (χ0) is 21.4. The van der Waals surface area contributed by atoms with E-state index in [1.54, 1.807) is 12.1 Å². The van der Waals surface area contributed by atoms with Gasteiger partial charge in [0.1, 0.15) is 17.7 Å². The fourth-order valence-corrected chi connectivity index (χ4v) is 4.84. The van der Waals surface area contributed by atoms with E-state index in [2.05, 4.69) is 47.8 Å². The van der Waals surface area contributed by atoms with Crippen molar-refractivity contribution < 1.29 is 14.2 Å². The molecule has 29 heavy (non-hydrogen) atoms. The van der Waals surface area contributed by atoms with Crippen LogP contribution >= 0.6 is 15.9 Å². The van der Waals surface area contributed by atoms with E-state index in [0.717, 1.165) is 25.1 Å². The van der Waals surface area contributed by atoms with E-state index in [0.29, 0.717) is 27.7 Å². The molecule has 7 N–H and O–H groups in total. The van der Waals surface area contributed by atoms with Crippen LogP contribution in [0.4, 0.5) is 23.0 Å². The number of anilines is 4. The Labute approximate surface area is 178 Å². The minimum Gasteiger partial charge on any atom is -0.383 e. The molecule has 1 aromatic heterocycles. The van der Waals surface area contributed by atoms with Gasteiger partial charge in [0.05, 0.1) is 16.3 Å². The summed E-state index contributed by atoms with van der Waals surface area (Å²) in [4.78, 5) is 10.8. The number of halogens is 1. The quantitative estimate of drug-likeness (QED) is 0.386. The molecule has 3 rings (SSSR count). The number of nitrogens with two attached hydrogens (primary N) is 2. The van der Waals surface area contributed by atoms with Crippen molar-refractivity contribution in [2.24, 2.45) is 0 Å². The molecule has 1 aromatic carbocycles.